The van der Waals surface area contributed by atoms with E-state index in [0.717, 1.165) is 73.3 Å². The van der Waals surface area contributed by atoms with Crippen LogP contribution in [-0.2, 0) is 25.0 Å². The summed E-state index contributed by atoms with van der Waals surface area (Å²) < 4.78 is 20.2. The molecule has 0 spiro atoms. The molecule has 13 heteroatoms. The molecule has 0 aliphatic carbocycles. The summed E-state index contributed by atoms with van der Waals surface area (Å²) in [7, 11) is 2.09. The number of allylic oxidation sites excluding steroid dienone is 1. The van der Waals surface area contributed by atoms with Crippen LogP contribution in [0.2, 0.25) is 0 Å². The number of amides is 2. The van der Waals surface area contributed by atoms with E-state index in [1.54, 1.807) is 23.2 Å². The molecule has 2 amide bonds. The minimum Gasteiger partial charge on any atom is -0.489 e. The van der Waals surface area contributed by atoms with Gasteiger partial charge in [0.15, 0.2) is 0 Å². The fourth-order valence-corrected chi connectivity index (χ4v) is 8.32. The molecule has 2 aromatic carbocycles. The molecule has 4 aromatic heterocycles. The molecule has 9 rings (SSSR count). The Morgan fingerprint density at radius 1 is 0.780 bits per heavy atom. The molecule has 13 nitrogen and oxygen atoms in total. The highest BCUT2D eigenvalue weighted by atomic mass is 16.5. The molecular formula is C46H48N8O5. The van der Waals surface area contributed by atoms with Gasteiger partial charge in [-0.2, -0.15) is 0 Å². The Hall–Kier alpha value is -6.31. The largest absolute Gasteiger partial charge is 0.489 e. The van der Waals surface area contributed by atoms with E-state index >= 15 is 0 Å². The van der Waals surface area contributed by atoms with Crippen LogP contribution in [0.15, 0.2) is 104 Å². The van der Waals surface area contributed by atoms with E-state index in [0.29, 0.717) is 68.0 Å². The molecule has 0 radical (unpaired) electrons. The number of rotatable bonds is 14. The topological polar surface area (TPSA) is 127 Å². The molecule has 3 aliphatic rings. The van der Waals surface area contributed by atoms with E-state index in [4.69, 9.17) is 14.2 Å². The molecule has 6 aromatic rings. The van der Waals surface area contributed by atoms with Crippen molar-refractivity contribution in [2.45, 2.75) is 38.5 Å². The number of ether oxygens (including phenoxy) is 3. The molecule has 0 saturated carbocycles. The SMILES string of the molecule is C=C1CCC(N2Cc3cc(OCc4ccc(OCCCN5CCN(CCOc6ccc(-c7ccc8c9cnccc9n(C)c8c7)cn6)CC5)nc4)ccc3C2=O)C(=O)N1. The maximum Gasteiger partial charge on any atom is 0.255 e. The highest BCUT2D eigenvalue weighted by Gasteiger charge is 2.38. The van der Waals surface area contributed by atoms with E-state index in [2.05, 4.69) is 78.6 Å². The van der Waals surface area contributed by atoms with Crippen molar-refractivity contribution in [2.24, 2.45) is 7.05 Å². The van der Waals surface area contributed by atoms with Gasteiger partial charge >= 0.3 is 0 Å². The molecule has 3 aliphatic heterocycles. The van der Waals surface area contributed by atoms with Crippen molar-refractivity contribution >= 4 is 33.6 Å². The first-order valence-corrected chi connectivity index (χ1v) is 20.4. The van der Waals surface area contributed by atoms with E-state index < -0.39 is 6.04 Å². The number of nitrogens with zero attached hydrogens (tertiary/aromatic N) is 7. The minimum atomic E-state index is -0.483. The van der Waals surface area contributed by atoms with Crippen molar-refractivity contribution in [3.8, 4) is 28.6 Å². The number of hydrogen-bond acceptors (Lipinski definition) is 10. The van der Waals surface area contributed by atoms with Crippen LogP contribution in [0.3, 0.4) is 0 Å². The summed E-state index contributed by atoms with van der Waals surface area (Å²) in [5, 5.41) is 5.14. The summed E-state index contributed by atoms with van der Waals surface area (Å²) in [6.07, 6.45) is 9.59. The van der Waals surface area contributed by atoms with Crippen LogP contribution in [0.5, 0.6) is 17.5 Å². The van der Waals surface area contributed by atoms with Crippen LogP contribution >= 0.6 is 0 Å². The third kappa shape index (κ3) is 8.34. The number of piperazine rings is 1. The van der Waals surface area contributed by atoms with Crippen molar-refractivity contribution in [1.82, 2.24) is 39.5 Å². The number of aryl methyl sites for hydroxylation is 1. The van der Waals surface area contributed by atoms with Gasteiger partial charge in [-0.25, -0.2) is 9.97 Å². The van der Waals surface area contributed by atoms with Gasteiger partial charge in [-0.3, -0.25) is 19.5 Å². The highest BCUT2D eigenvalue weighted by molar-refractivity contribution is 6.08. The first-order chi connectivity index (χ1) is 28.9. The summed E-state index contributed by atoms with van der Waals surface area (Å²) in [5.41, 5.74) is 7.61. The second-order valence-electron chi connectivity index (χ2n) is 15.5. The zero-order valence-electron chi connectivity index (χ0n) is 33.3. The normalized spacial score (nSPS) is 17.4. The third-order valence-electron chi connectivity index (χ3n) is 11.7. The van der Waals surface area contributed by atoms with Gasteiger partial charge in [-0.15, -0.1) is 0 Å². The number of piperidine rings is 1. The zero-order valence-corrected chi connectivity index (χ0v) is 33.3. The highest BCUT2D eigenvalue weighted by Crippen LogP contribution is 2.33. The molecular weight excluding hydrogens is 745 g/mol. The standard InChI is InChI=1S/C46H48N8O5/c1-31-4-11-41(45(55)50-31)54-29-35-24-36(8-10-37(35)46(54)56)59-30-32-5-12-43(48-26-32)57-22-3-16-52-17-19-53(20-18-52)21-23-58-44-13-7-34(27-49-44)33-6-9-38-39-28-47-15-14-40(39)51(2)42(38)25-33/h5-10,12-15,24-28,41H,1,3-4,11,16-23,29-30H2,2H3,(H,50,55). The Labute approximate surface area is 343 Å². The van der Waals surface area contributed by atoms with E-state index in [1.807, 2.05) is 42.9 Å². The van der Waals surface area contributed by atoms with Crippen LogP contribution < -0.4 is 19.5 Å². The third-order valence-corrected chi connectivity index (χ3v) is 11.7. The van der Waals surface area contributed by atoms with E-state index in [-0.39, 0.29) is 11.8 Å². The summed E-state index contributed by atoms with van der Waals surface area (Å²) in [5.74, 6) is 1.61. The van der Waals surface area contributed by atoms with Crippen LogP contribution in [0, 0.1) is 0 Å². The summed E-state index contributed by atoms with van der Waals surface area (Å²) in [6.45, 7) is 11.6. The number of carbonyl (C=O) groups excluding carboxylic acids is 2. The lowest BCUT2D eigenvalue weighted by Gasteiger charge is -2.34. The number of benzene rings is 2. The Morgan fingerprint density at radius 2 is 1.56 bits per heavy atom. The quantitative estimate of drug-likeness (QED) is 0.132. The lowest BCUT2D eigenvalue weighted by atomic mass is 10.0. The lowest BCUT2D eigenvalue weighted by Crippen LogP contribution is -2.49. The molecule has 1 N–H and O–H groups in total. The van der Waals surface area contributed by atoms with E-state index in [1.165, 1.54) is 16.4 Å². The Morgan fingerprint density at radius 3 is 2.34 bits per heavy atom. The number of aromatic nitrogens is 4. The maximum absolute atomic E-state index is 13.0. The molecule has 1 unspecified atom stereocenters. The van der Waals surface area contributed by atoms with Crippen molar-refractivity contribution in [3.05, 3.63) is 120 Å². The predicted molar refractivity (Wildman–Crippen MR) is 225 cm³/mol. The summed E-state index contributed by atoms with van der Waals surface area (Å²) in [6, 6.07) is 21.4. The van der Waals surface area contributed by atoms with E-state index in [9.17, 15) is 9.59 Å². The minimum absolute atomic E-state index is 0.124. The smallest absolute Gasteiger partial charge is 0.255 e. The summed E-state index contributed by atoms with van der Waals surface area (Å²) >= 11 is 0. The summed E-state index contributed by atoms with van der Waals surface area (Å²) in [4.78, 5) is 45.5. The molecule has 1 atom stereocenters. The fraction of sp³-hybridized carbons (Fsp3) is 0.326. The van der Waals surface area contributed by atoms with Gasteiger partial charge in [0, 0.05) is 128 Å². The average Bonchev–Trinajstić information content (AvgIpc) is 3.74. The van der Waals surface area contributed by atoms with Crippen molar-refractivity contribution in [1.29, 1.82) is 0 Å². The second kappa shape index (κ2) is 16.9. The van der Waals surface area contributed by atoms with Crippen molar-refractivity contribution < 1.29 is 23.8 Å². The Balaban J connectivity index is 0.652. The first kappa shape index (κ1) is 38.2. The van der Waals surface area contributed by atoms with Gasteiger partial charge in [0.2, 0.25) is 17.7 Å². The lowest BCUT2D eigenvalue weighted by molar-refractivity contribution is -0.126. The predicted octanol–water partition coefficient (Wildman–Crippen LogP) is 5.98. The van der Waals surface area contributed by atoms with Gasteiger partial charge in [0.05, 0.1) is 12.1 Å². The van der Waals surface area contributed by atoms with Crippen molar-refractivity contribution in [3.63, 3.8) is 0 Å². The van der Waals surface area contributed by atoms with Crippen LogP contribution in [0.1, 0.15) is 40.7 Å². The molecule has 59 heavy (non-hydrogen) atoms. The second-order valence-corrected chi connectivity index (χ2v) is 15.5. The number of pyridine rings is 3. The van der Waals surface area contributed by atoms with Crippen LogP contribution in [0.25, 0.3) is 32.9 Å². The number of carbonyl (C=O) groups is 2. The average molecular weight is 793 g/mol. The number of hydrogen-bond donors (Lipinski definition) is 1. The van der Waals surface area contributed by atoms with Gasteiger partial charge in [0.25, 0.3) is 5.91 Å². The fourth-order valence-electron chi connectivity index (χ4n) is 8.32. The van der Waals surface area contributed by atoms with Gasteiger partial charge in [0.1, 0.15) is 25.0 Å². The van der Waals surface area contributed by atoms with Gasteiger partial charge < -0.3 is 33.9 Å². The zero-order chi connectivity index (χ0) is 40.3. The van der Waals surface area contributed by atoms with Gasteiger partial charge in [-0.1, -0.05) is 18.7 Å². The Bertz CT molecular complexity index is 2490. The maximum atomic E-state index is 13.0. The number of nitrogens with one attached hydrogen (secondary N) is 1. The van der Waals surface area contributed by atoms with Gasteiger partial charge in [-0.05, 0) is 72.9 Å². The molecule has 2 saturated heterocycles. The molecule has 7 heterocycles. The number of fused-ring (bicyclic) bond motifs is 4. The Kier molecular flexibility index (Phi) is 10.9. The van der Waals surface area contributed by atoms with Crippen LogP contribution in [0.4, 0.5) is 0 Å². The first-order valence-electron chi connectivity index (χ1n) is 20.4. The van der Waals surface area contributed by atoms with Crippen molar-refractivity contribution in [2.75, 3.05) is 52.5 Å². The monoisotopic (exact) mass is 792 g/mol. The molecule has 2 fully saturated rings. The van der Waals surface area contributed by atoms with Crippen LogP contribution in [-0.4, -0.2) is 105 Å². The molecule has 0 bridgehead atoms. The molecule has 302 valence electrons.